The Morgan fingerprint density at radius 2 is 1.94 bits per heavy atom. The Labute approximate surface area is 112 Å². The lowest BCUT2D eigenvalue weighted by Crippen LogP contribution is -2.41. The molecule has 2 rings (SSSR count). The predicted octanol–water partition coefficient (Wildman–Crippen LogP) is 2.74. The lowest BCUT2D eigenvalue weighted by molar-refractivity contribution is -0.0246. The molecule has 18 heavy (non-hydrogen) atoms. The largest absolute Gasteiger partial charge is 0.381 e. The molecule has 3 nitrogen and oxygen atoms in total. The van der Waals surface area contributed by atoms with Crippen LogP contribution in [0.3, 0.4) is 0 Å². The molecule has 0 amide bonds. The fourth-order valence-electron chi connectivity index (χ4n) is 2.64. The zero-order valence-corrected chi connectivity index (χ0v) is 12.3. The van der Waals surface area contributed by atoms with Gasteiger partial charge in [-0.25, -0.2) is 0 Å². The molecule has 0 bridgehead atoms. The van der Waals surface area contributed by atoms with Crippen LogP contribution in [-0.2, 0) is 9.47 Å². The van der Waals surface area contributed by atoms with Crippen molar-refractivity contribution in [3.63, 3.8) is 0 Å². The molecule has 3 heteroatoms. The van der Waals surface area contributed by atoms with Gasteiger partial charge in [0.1, 0.15) is 0 Å². The Morgan fingerprint density at radius 3 is 2.50 bits per heavy atom. The van der Waals surface area contributed by atoms with E-state index in [-0.39, 0.29) is 5.60 Å². The number of rotatable bonds is 7. The molecule has 2 aliphatic rings. The summed E-state index contributed by atoms with van der Waals surface area (Å²) in [6.07, 6.45) is 7.53. The van der Waals surface area contributed by atoms with Crippen molar-refractivity contribution in [1.29, 1.82) is 0 Å². The lowest BCUT2D eigenvalue weighted by Gasteiger charge is -2.39. The van der Waals surface area contributed by atoms with Crippen LogP contribution >= 0.6 is 0 Å². The molecule has 1 saturated carbocycles. The predicted molar refractivity (Wildman–Crippen MR) is 73.8 cm³/mol. The van der Waals surface area contributed by atoms with Gasteiger partial charge in [0.05, 0.1) is 5.60 Å². The maximum atomic E-state index is 5.56. The van der Waals surface area contributed by atoms with Crippen molar-refractivity contribution in [3.05, 3.63) is 0 Å². The van der Waals surface area contributed by atoms with E-state index in [2.05, 4.69) is 19.2 Å². The number of nitrogens with one attached hydrogen (secondary N) is 1. The second-order valence-electron chi connectivity index (χ2n) is 6.73. The summed E-state index contributed by atoms with van der Waals surface area (Å²) in [7, 11) is 1.82. The van der Waals surface area contributed by atoms with Crippen molar-refractivity contribution in [2.75, 3.05) is 26.9 Å². The molecule has 1 heterocycles. The van der Waals surface area contributed by atoms with Gasteiger partial charge in [-0.05, 0) is 57.8 Å². The third-order valence-electron chi connectivity index (χ3n) is 4.71. The molecule has 0 radical (unpaired) electrons. The number of hydrogen-bond donors (Lipinski definition) is 1. The molecule has 0 unspecified atom stereocenters. The third-order valence-corrected chi connectivity index (χ3v) is 4.71. The highest BCUT2D eigenvalue weighted by atomic mass is 16.5. The summed E-state index contributed by atoms with van der Waals surface area (Å²) in [6.45, 7) is 7.41. The minimum atomic E-state index is 0.00485. The lowest BCUT2D eigenvalue weighted by atomic mass is 9.74. The summed E-state index contributed by atoms with van der Waals surface area (Å²) in [6, 6.07) is 0.806. The maximum absolute atomic E-state index is 5.56. The Kier molecular flexibility index (Phi) is 4.68. The van der Waals surface area contributed by atoms with Gasteiger partial charge in [0.25, 0.3) is 0 Å². The van der Waals surface area contributed by atoms with Crippen molar-refractivity contribution in [3.8, 4) is 0 Å². The summed E-state index contributed by atoms with van der Waals surface area (Å²) >= 11 is 0. The van der Waals surface area contributed by atoms with E-state index < -0.39 is 0 Å². The zero-order chi connectivity index (χ0) is 13.1. The Bertz CT molecular complexity index is 255. The average Bonchev–Trinajstić information content (AvgIpc) is 3.20. The van der Waals surface area contributed by atoms with Crippen molar-refractivity contribution in [2.24, 2.45) is 5.41 Å². The quantitative estimate of drug-likeness (QED) is 0.759. The fourth-order valence-corrected chi connectivity index (χ4v) is 2.64. The minimum Gasteiger partial charge on any atom is -0.381 e. The highest BCUT2D eigenvalue weighted by molar-refractivity contribution is 4.90. The van der Waals surface area contributed by atoms with E-state index in [0.29, 0.717) is 5.41 Å². The van der Waals surface area contributed by atoms with E-state index in [4.69, 9.17) is 9.47 Å². The van der Waals surface area contributed by atoms with Gasteiger partial charge < -0.3 is 14.8 Å². The van der Waals surface area contributed by atoms with Gasteiger partial charge in [-0.1, -0.05) is 0 Å². The first-order valence-electron chi connectivity index (χ1n) is 7.42. The molecule has 106 valence electrons. The van der Waals surface area contributed by atoms with E-state index in [1.54, 1.807) is 0 Å². The van der Waals surface area contributed by atoms with E-state index in [1.165, 1.54) is 38.6 Å². The second-order valence-corrected chi connectivity index (χ2v) is 6.73. The van der Waals surface area contributed by atoms with Crippen molar-refractivity contribution in [1.82, 2.24) is 5.32 Å². The summed E-state index contributed by atoms with van der Waals surface area (Å²) < 4.78 is 11.1. The molecular formula is C15H29NO2. The van der Waals surface area contributed by atoms with Crippen LogP contribution in [-0.4, -0.2) is 38.5 Å². The standard InChI is InChI=1S/C15H29NO2/c1-14(2,17-3)6-7-15(8-10-18-11-9-15)12-16-13-4-5-13/h13,16H,4-12H2,1-3H3. The SMILES string of the molecule is COC(C)(C)CCC1(CNC2CC2)CCOCC1. The van der Waals surface area contributed by atoms with E-state index in [1.807, 2.05) is 7.11 Å². The summed E-state index contributed by atoms with van der Waals surface area (Å²) in [5.74, 6) is 0. The van der Waals surface area contributed by atoms with E-state index >= 15 is 0 Å². The topological polar surface area (TPSA) is 30.5 Å². The van der Waals surface area contributed by atoms with Crippen molar-refractivity contribution >= 4 is 0 Å². The van der Waals surface area contributed by atoms with Crippen LogP contribution < -0.4 is 5.32 Å². The summed E-state index contributed by atoms with van der Waals surface area (Å²) in [5.41, 5.74) is 0.446. The van der Waals surface area contributed by atoms with E-state index in [9.17, 15) is 0 Å². The zero-order valence-electron chi connectivity index (χ0n) is 12.3. The molecule has 0 aromatic heterocycles. The first-order chi connectivity index (χ1) is 8.55. The van der Waals surface area contributed by atoms with Crippen LogP contribution in [0.25, 0.3) is 0 Å². The average molecular weight is 255 g/mol. The van der Waals surface area contributed by atoms with Gasteiger partial charge in [0.15, 0.2) is 0 Å². The smallest absolute Gasteiger partial charge is 0.0623 e. The highest BCUT2D eigenvalue weighted by Crippen LogP contribution is 2.38. The molecule has 0 aromatic rings. The molecule has 1 aliphatic carbocycles. The van der Waals surface area contributed by atoms with Crippen molar-refractivity contribution < 1.29 is 9.47 Å². The molecule has 1 saturated heterocycles. The molecular weight excluding hydrogens is 226 g/mol. The van der Waals surface area contributed by atoms with E-state index in [0.717, 1.165) is 25.7 Å². The molecule has 0 spiro atoms. The number of hydrogen-bond acceptors (Lipinski definition) is 3. The second kappa shape index (κ2) is 5.89. The van der Waals surface area contributed by atoms with Crippen LogP contribution in [0.5, 0.6) is 0 Å². The van der Waals surface area contributed by atoms with Gasteiger partial charge in [-0.2, -0.15) is 0 Å². The van der Waals surface area contributed by atoms with Crippen LogP contribution in [0.2, 0.25) is 0 Å². The molecule has 0 atom stereocenters. The van der Waals surface area contributed by atoms with Crippen LogP contribution in [0, 0.1) is 5.41 Å². The monoisotopic (exact) mass is 255 g/mol. The Balaban J connectivity index is 1.86. The van der Waals surface area contributed by atoms with Gasteiger partial charge in [-0.3, -0.25) is 0 Å². The molecule has 2 fully saturated rings. The van der Waals surface area contributed by atoms with Crippen LogP contribution in [0.15, 0.2) is 0 Å². The summed E-state index contributed by atoms with van der Waals surface area (Å²) in [4.78, 5) is 0. The molecule has 0 aromatic carbocycles. The van der Waals surface area contributed by atoms with Gasteiger partial charge in [0.2, 0.25) is 0 Å². The number of ether oxygens (including phenoxy) is 2. The van der Waals surface area contributed by atoms with Gasteiger partial charge in [0, 0.05) is 32.9 Å². The van der Waals surface area contributed by atoms with Crippen LogP contribution in [0.4, 0.5) is 0 Å². The van der Waals surface area contributed by atoms with Crippen LogP contribution in [0.1, 0.15) is 52.4 Å². The minimum absolute atomic E-state index is 0.00485. The first-order valence-corrected chi connectivity index (χ1v) is 7.42. The number of methoxy groups -OCH3 is 1. The maximum Gasteiger partial charge on any atom is 0.0623 e. The van der Waals surface area contributed by atoms with Gasteiger partial charge >= 0.3 is 0 Å². The first kappa shape index (κ1) is 14.3. The van der Waals surface area contributed by atoms with Crippen molar-refractivity contribution in [2.45, 2.75) is 64.0 Å². The summed E-state index contributed by atoms with van der Waals surface area (Å²) in [5, 5.41) is 3.73. The Hall–Kier alpha value is -0.120. The third kappa shape index (κ3) is 4.22. The van der Waals surface area contributed by atoms with Gasteiger partial charge in [-0.15, -0.1) is 0 Å². The fraction of sp³-hybridized carbons (Fsp3) is 1.00. The normalized spacial score (nSPS) is 24.2. The highest BCUT2D eigenvalue weighted by Gasteiger charge is 2.35. The Morgan fingerprint density at radius 1 is 1.28 bits per heavy atom. The molecule has 1 aliphatic heterocycles. The molecule has 1 N–H and O–H groups in total.